The monoisotopic (exact) mass is 585 g/mol. The van der Waals surface area contributed by atoms with Crippen LogP contribution in [0.15, 0.2) is 71.6 Å². The lowest BCUT2D eigenvalue weighted by Gasteiger charge is -2.32. The quantitative estimate of drug-likeness (QED) is 0.338. The van der Waals surface area contributed by atoms with E-state index in [9.17, 15) is 18.0 Å². The lowest BCUT2D eigenvalue weighted by atomic mass is 10.1. The van der Waals surface area contributed by atoms with E-state index in [1.807, 2.05) is 26.8 Å². The molecule has 3 aromatic rings. The van der Waals surface area contributed by atoms with E-state index in [4.69, 9.17) is 16.3 Å². The van der Waals surface area contributed by atoms with Crippen molar-refractivity contribution in [2.75, 3.05) is 18.0 Å². The van der Waals surface area contributed by atoms with Crippen LogP contribution in [0.25, 0.3) is 0 Å². The Labute approximate surface area is 241 Å². The van der Waals surface area contributed by atoms with Gasteiger partial charge < -0.3 is 15.0 Å². The van der Waals surface area contributed by atoms with Crippen LogP contribution in [0.1, 0.15) is 37.5 Å². The molecule has 0 aliphatic heterocycles. The van der Waals surface area contributed by atoms with Crippen LogP contribution in [-0.4, -0.2) is 50.9 Å². The van der Waals surface area contributed by atoms with Gasteiger partial charge in [0.15, 0.2) is 0 Å². The lowest BCUT2D eigenvalue weighted by molar-refractivity contribution is -0.139. The molecule has 8 nitrogen and oxygen atoms in total. The van der Waals surface area contributed by atoms with Gasteiger partial charge in [-0.2, -0.15) is 0 Å². The van der Waals surface area contributed by atoms with Crippen LogP contribution < -0.4 is 14.4 Å². The molecule has 0 heterocycles. The number of halogens is 1. The molecule has 1 atom stereocenters. The van der Waals surface area contributed by atoms with Crippen molar-refractivity contribution in [1.82, 2.24) is 10.2 Å². The molecule has 0 fully saturated rings. The first-order valence-corrected chi connectivity index (χ1v) is 14.7. The van der Waals surface area contributed by atoms with Gasteiger partial charge in [-0.1, -0.05) is 47.5 Å². The molecule has 0 saturated carbocycles. The first kappa shape index (κ1) is 31.0. The van der Waals surface area contributed by atoms with Gasteiger partial charge in [-0.15, -0.1) is 0 Å². The molecule has 10 heteroatoms. The number of hydrogen-bond acceptors (Lipinski definition) is 5. The fourth-order valence-corrected chi connectivity index (χ4v) is 5.64. The van der Waals surface area contributed by atoms with Crippen molar-refractivity contribution < 1.29 is 22.7 Å². The third-order valence-electron chi connectivity index (χ3n) is 6.42. The second-order valence-electron chi connectivity index (χ2n) is 9.97. The number of aryl methyl sites for hydroxylation is 2. The molecule has 0 aromatic heterocycles. The van der Waals surface area contributed by atoms with Crippen molar-refractivity contribution >= 4 is 39.1 Å². The smallest absolute Gasteiger partial charge is 0.264 e. The van der Waals surface area contributed by atoms with Crippen LogP contribution in [-0.2, 0) is 26.2 Å². The zero-order valence-corrected chi connectivity index (χ0v) is 25.2. The summed E-state index contributed by atoms with van der Waals surface area (Å²) in [5.74, 6) is -0.304. The molecule has 0 saturated heterocycles. The normalized spacial score (nSPS) is 12.1. The fourth-order valence-electron chi connectivity index (χ4n) is 4.06. The maximum atomic E-state index is 14.0. The second-order valence-corrected chi connectivity index (χ2v) is 12.2. The number of hydrogen-bond donors (Lipinski definition) is 1. The summed E-state index contributed by atoms with van der Waals surface area (Å²) in [6.45, 7) is 8.47. The van der Waals surface area contributed by atoms with E-state index in [1.54, 1.807) is 63.4 Å². The number of nitrogens with one attached hydrogen (secondary N) is 1. The Kier molecular flexibility index (Phi) is 10.2. The van der Waals surface area contributed by atoms with Gasteiger partial charge in [0.25, 0.3) is 10.0 Å². The molecule has 2 amide bonds. The van der Waals surface area contributed by atoms with Crippen LogP contribution in [0.3, 0.4) is 0 Å². The Morgan fingerprint density at radius 2 is 1.65 bits per heavy atom. The standard InChI is InChI=1S/C30H36ClN3O5S/c1-20(2)32-30(36)23(5)33(18-24-8-7-9-26(16-24)39-6)29(35)19-34(25-13-12-22(4)28(31)17-25)40(37,38)27-14-10-21(3)11-15-27/h7-17,20,23H,18-19H2,1-6H3,(H,32,36)/t23-/m1/s1. The molecule has 0 aliphatic carbocycles. The first-order valence-electron chi connectivity index (χ1n) is 12.9. The minimum absolute atomic E-state index is 0.0348. The Hall–Kier alpha value is -3.56. The van der Waals surface area contributed by atoms with E-state index in [1.165, 1.54) is 23.1 Å². The van der Waals surface area contributed by atoms with Gasteiger partial charge >= 0.3 is 0 Å². The average Bonchev–Trinajstić information content (AvgIpc) is 2.91. The minimum Gasteiger partial charge on any atom is -0.497 e. The summed E-state index contributed by atoms with van der Waals surface area (Å²) >= 11 is 6.37. The molecular formula is C30H36ClN3O5S. The van der Waals surface area contributed by atoms with Crippen LogP contribution in [0, 0.1) is 13.8 Å². The highest BCUT2D eigenvalue weighted by atomic mass is 35.5. The third-order valence-corrected chi connectivity index (χ3v) is 8.61. The highest BCUT2D eigenvalue weighted by molar-refractivity contribution is 7.92. The van der Waals surface area contributed by atoms with Gasteiger partial charge in [-0.05, 0) is 82.1 Å². The van der Waals surface area contributed by atoms with Gasteiger partial charge in [-0.25, -0.2) is 8.42 Å². The van der Waals surface area contributed by atoms with Gasteiger partial charge in [0.05, 0.1) is 17.7 Å². The average molecular weight is 586 g/mol. The highest BCUT2D eigenvalue weighted by Gasteiger charge is 2.33. The predicted molar refractivity (Wildman–Crippen MR) is 158 cm³/mol. The topological polar surface area (TPSA) is 96.0 Å². The number of sulfonamides is 1. The number of methoxy groups -OCH3 is 1. The molecule has 0 bridgehead atoms. The number of rotatable bonds is 11. The maximum Gasteiger partial charge on any atom is 0.264 e. The van der Waals surface area contributed by atoms with E-state index in [0.29, 0.717) is 10.8 Å². The van der Waals surface area contributed by atoms with Crippen molar-refractivity contribution in [1.29, 1.82) is 0 Å². The van der Waals surface area contributed by atoms with Gasteiger partial charge in [0.1, 0.15) is 18.3 Å². The Morgan fingerprint density at radius 3 is 2.25 bits per heavy atom. The molecule has 3 rings (SSSR count). The zero-order chi connectivity index (χ0) is 29.6. The molecular weight excluding hydrogens is 550 g/mol. The van der Waals surface area contributed by atoms with E-state index in [0.717, 1.165) is 21.0 Å². The van der Waals surface area contributed by atoms with Gasteiger partial charge in [0, 0.05) is 17.6 Å². The lowest BCUT2D eigenvalue weighted by Crippen LogP contribution is -2.52. The second kappa shape index (κ2) is 13.2. The number of anilines is 1. The Balaban J connectivity index is 2.06. The number of ether oxygens (including phenoxy) is 1. The molecule has 3 aromatic carbocycles. The summed E-state index contributed by atoms with van der Waals surface area (Å²) < 4.78 is 34.2. The SMILES string of the molecule is COc1cccc(CN(C(=O)CN(c2ccc(C)c(Cl)c2)S(=O)(=O)c2ccc(C)cc2)[C@H](C)C(=O)NC(C)C)c1. The van der Waals surface area contributed by atoms with Crippen molar-refractivity contribution in [3.8, 4) is 5.75 Å². The highest BCUT2D eigenvalue weighted by Crippen LogP contribution is 2.29. The van der Waals surface area contributed by atoms with Crippen molar-refractivity contribution in [2.45, 2.75) is 58.1 Å². The molecule has 1 N–H and O–H groups in total. The van der Waals surface area contributed by atoms with Crippen molar-refractivity contribution in [3.05, 3.63) is 88.4 Å². The fraction of sp³-hybridized carbons (Fsp3) is 0.333. The van der Waals surface area contributed by atoms with Crippen LogP contribution in [0.5, 0.6) is 5.75 Å². The molecule has 0 radical (unpaired) electrons. The zero-order valence-electron chi connectivity index (χ0n) is 23.6. The summed E-state index contributed by atoms with van der Waals surface area (Å²) in [6, 6.07) is 17.4. The Bertz CT molecular complexity index is 1460. The van der Waals surface area contributed by atoms with Crippen molar-refractivity contribution in [2.24, 2.45) is 0 Å². The molecule has 0 unspecified atom stereocenters. The Morgan fingerprint density at radius 1 is 0.975 bits per heavy atom. The number of carbonyl (C=O) groups excluding carboxylic acids is 2. The van der Waals surface area contributed by atoms with Crippen LogP contribution in [0.2, 0.25) is 5.02 Å². The summed E-state index contributed by atoms with van der Waals surface area (Å²) in [5, 5.41) is 3.21. The van der Waals surface area contributed by atoms with E-state index in [2.05, 4.69) is 5.32 Å². The van der Waals surface area contributed by atoms with Gasteiger partial charge in [-0.3, -0.25) is 13.9 Å². The minimum atomic E-state index is -4.17. The number of nitrogens with zero attached hydrogens (tertiary/aromatic N) is 2. The first-order chi connectivity index (χ1) is 18.8. The summed E-state index contributed by atoms with van der Waals surface area (Å²) in [6.07, 6.45) is 0. The van der Waals surface area contributed by atoms with E-state index < -0.39 is 28.5 Å². The third kappa shape index (κ3) is 7.55. The number of amides is 2. The van der Waals surface area contributed by atoms with Crippen LogP contribution >= 0.6 is 11.6 Å². The van der Waals surface area contributed by atoms with E-state index >= 15 is 0 Å². The molecule has 214 valence electrons. The number of carbonyl (C=O) groups is 2. The summed E-state index contributed by atoms with van der Waals surface area (Å²) in [7, 11) is -2.63. The van der Waals surface area contributed by atoms with Crippen molar-refractivity contribution in [3.63, 3.8) is 0 Å². The molecule has 40 heavy (non-hydrogen) atoms. The number of benzene rings is 3. The van der Waals surface area contributed by atoms with Crippen LogP contribution in [0.4, 0.5) is 5.69 Å². The maximum absolute atomic E-state index is 14.0. The van der Waals surface area contributed by atoms with Gasteiger partial charge in [0.2, 0.25) is 11.8 Å². The van der Waals surface area contributed by atoms with E-state index in [-0.39, 0.29) is 29.1 Å². The molecule has 0 spiro atoms. The predicted octanol–water partition coefficient (Wildman–Crippen LogP) is 5.10. The molecule has 0 aliphatic rings. The largest absolute Gasteiger partial charge is 0.497 e. The summed E-state index contributed by atoms with van der Waals surface area (Å²) in [4.78, 5) is 28.4. The summed E-state index contributed by atoms with van der Waals surface area (Å²) in [5.41, 5.74) is 2.63.